The Kier molecular flexibility index (Phi) is 8.28. The van der Waals surface area contributed by atoms with Crippen LogP contribution in [0.5, 0.6) is 0 Å². The van der Waals surface area contributed by atoms with Crippen LogP contribution in [0.4, 0.5) is 5.69 Å². The van der Waals surface area contributed by atoms with E-state index in [1.807, 2.05) is 33.8 Å². The Labute approximate surface area is 196 Å². The van der Waals surface area contributed by atoms with Gasteiger partial charge in [0.1, 0.15) is 5.76 Å². The molecule has 1 saturated heterocycles. The minimum absolute atomic E-state index is 0.148. The Morgan fingerprint density at radius 1 is 1.15 bits per heavy atom. The molecule has 1 amide bonds. The molecule has 1 fully saturated rings. The summed E-state index contributed by atoms with van der Waals surface area (Å²) < 4.78 is 32.5. The average Bonchev–Trinajstić information content (AvgIpc) is 3.20. The van der Waals surface area contributed by atoms with Gasteiger partial charge in [-0.05, 0) is 38.5 Å². The van der Waals surface area contributed by atoms with E-state index in [2.05, 4.69) is 20.3 Å². The highest BCUT2D eigenvalue weighted by Crippen LogP contribution is 2.24. The molecule has 1 aromatic heterocycles. The third-order valence-corrected chi connectivity index (χ3v) is 8.37. The van der Waals surface area contributed by atoms with Crippen molar-refractivity contribution in [1.82, 2.24) is 19.3 Å². The van der Waals surface area contributed by atoms with Crippen molar-refractivity contribution in [2.45, 2.75) is 52.1 Å². The third kappa shape index (κ3) is 6.00. The molecule has 0 radical (unpaired) electrons. The Morgan fingerprint density at radius 3 is 2.39 bits per heavy atom. The first-order chi connectivity index (χ1) is 15.6. The molecule has 1 unspecified atom stereocenters. The largest absolute Gasteiger partial charge is 0.361 e. The Hall–Kier alpha value is -2.27. The van der Waals surface area contributed by atoms with Crippen LogP contribution in [-0.2, 0) is 21.4 Å². The summed E-state index contributed by atoms with van der Waals surface area (Å²) >= 11 is 0. The number of nitrogens with one attached hydrogen (secondary N) is 1. The predicted molar refractivity (Wildman–Crippen MR) is 127 cm³/mol. The van der Waals surface area contributed by atoms with E-state index in [1.54, 1.807) is 25.1 Å². The molecule has 9 nitrogen and oxygen atoms in total. The lowest BCUT2D eigenvalue weighted by molar-refractivity contribution is -0.121. The molecule has 10 heteroatoms. The van der Waals surface area contributed by atoms with Gasteiger partial charge in [-0.1, -0.05) is 25.1 Å². The lowest BCUT2D eigenvalue weighted by Gasteiger charge is -2.37. The van der Waals surface area contributed by atoms with Gasteiger partial charge in [-0.15, -0.1) is 0 Å². The van der Waals surface area contributed by atoms with Gasteiger partial charge in [-0.25, -0.2) is 8.42 Å². The topological polar surface area (TPSA) is 99.0 Å². The number of aromatic nitrogens is 1. The second kappa shape index (κ2) is 10.8. The SMILES string of the molecule is CCN(CC)S(=O)(=O)c1cc(NC(=O)C(C)N2CCN(Cc3cc(C)on3)CC2)ccc1C. The van der Waals surface area contributed by atoms with Gasteiger partial charge in [0.25, 0.3) is 0 Å². The number of rotatable bonds is 9. The first-order valence-electron chi connectivity index (χ1n) is 11.5. The van der Waals surface area contributed by atoms with Crippen LogP contribution < -0.4 is 5.32 Å². The summed E-state index contributed by atoms with van der Waals surface area (Å²) in [5, 5.41) is 6.96. The van der Waals surface area contributed by atoms with Crippen LogP contribution in [0, 0.1) is 13.8 Å². The molecule has 0 saturated carbocycles. The third-order valence-electron chi connectivity index (χ3n) is 6.18. The monoisotopic (exact) mass is 477 g/mol. The molecular weight excluding hydrogens is 442 g/mol. The summed E-state index contributed by atoms with van der Waals surface area (Å²) in [6, 6.07) is 6.66. The van der Waals surface area contributed by atoms with Crippen molar-refractivity contribution in [1.29, 1.82) is 0 Å². The summed E-state index contributed by atoms with van der Waals surface area (Å²) in [6.45, 7) is 13.9. The van der Waals surface area contributed by atoms with Gasteiger partial charge in [0.15, 0.2) is 0 Å². The zero-order valence-electron chi connectivity index (χ0n) is 20.2. The fraction of sp³-hybridized carbons (Fsp3) is 0.565. The molecule has 33 heavy (non-hydrogen) atoms. The second-order valence-electron chi connectivity index (χ2n) is 8.48. The number of anilines is 1. The number of amides is 1. The number of carbonyl (C=O) groups excluding carboxylic acids is 1. The van der Waals surface area contributed by atoms with Crippen molar-refractivity contribution in [3.63, 3.8) is 0 Å². The Bertz CT molecular complexity index is 1060. The number of piperazine rings is 1. The number of hydrogen-bond donors (Lipinski definition) is 1. The maximum atomic E-state index is 13.0. The van der Waals surface area contributed by atoms with Crippen molar-refractivity contribution in [3.05, 3.63) is 41.3 Å². The quantitative estimate of drug-likeness (QED) is 0.592. The van der Waals surface area contributed by atoms with E-state index in [0.29, 0.717) is 24.3 Å². The van der Waals surface area contributed by atoms with Crippen molar-refractivity contribution in [2.75, 3.05) is 44.6 Å². The van der Waals surface area contributed by atoms with Gasteiger partial charge in [-0.3, -0.25) is 14.6 Å². The Morgan fingerprint density at radius 2 is 1.82 bits per heavy atom. The summed E-state index contributed by atoms with van der Waals surface area (Å²) in [5.41, 5.74) is 2.07. The van der Waals surface area contributed by atoms with Crippen LogP contribution in [0.1, 0.15) is 37.8 Å². The standard InChI is InChI=1S/C23H35N5O4S/c1-6-28(7-2)33(30,31)22-15-20(9-8-17(22)3)24-23(29)19(5)27-12-10-26(11-13-27)16-21-14-18(4)32-25-21/h8-9,14-15,19H,6-7,10-13,16H2,1-5H3,(H,24,29). The van der Waals surface area contributed by atoms with Gasteiger partial charge in [0.05, 0.1) is 16.6 Å². The molecule has 3 rings (SSSR count). The number of aryl methyl sites for hydroxylation is 2. The first kappa shape index (κ1) is 25.4. The average molecular weight is 478 g/mol. The molecule has 0 bridgehead atoms. The fourth-order valence-corrected chi connectivity index (χ4v) is 5.81. The molecule has 1 aliphatic heterocycles. The van der Waals surface area contributed by atoms with E-state index in [-0.39, 0.29) is 16.8 Å². The summed E-state index contributed by atoms with van der Waals surface area (Å²) in [5.74, 6) is 0.656. The van der Waals surface area contributed by atoms with Gasteiger partial charge in [-0.2, -0.15) is 4.31 Å². The van der Waals surface area contributed by atoms with Crippen LogP contribution in [0.15, 0.2) is 33.7 Å². The molecule has 1 N–H and O–H groups in total. The number of nitrogens with zero attached hydrogens (tertiary/aromatic N) is 4. The van der Waals surface area contributed by atoms with Crippen molar-refractivity contribution < 1.29 is 17.7 Å². The van der Waals surface area contributed by atoms with E-state index >= 15 is 0 Å². The Balaban J connectivity index is 1.61. The fourth-order valence-electron chi connectivity index (χ4n) is 4.10. The predicted octanol–water partition coefficient (Wildman–Crippen LogP) is 2.47. The highest BCUT2D eigenvalue weighted by atomic mass is 32.2. The van der Waals surface area contributed by atoms with Crippen molar-refractivity contribution >= 4 is 21.6 Å². The zero-order chi connectivity index (χ0) is 24.2. The maximum Gasteiger partial charge on any atom is 0.243 e. The van der Waals surface area contributed by atoms with Gasteiger partial charge in [0, 0.05) is 57.6 Å². The molecule has 182 valence electrons. The minimum atomic E-state index is -3.61. The number of carbonyl (C=O) groups is 1. The highest BCUT2D eigenvalue weighted by Gasteiger charge is 2.27. The van der Waals surface area contributed by atoms with Gasteiger partial charge >= 0.3 is 0 Å². The lowest BCUT2D eigenvalue weighted by Crippen LogP contribution is -2.52. The zero-order valence-corrected chi connectivity index (χ0v) is 21.0. The summed E-state index contributed by atoms with van der Waals surface area (Å²) in [7, 11) is -3.61. The number of sulfonamides is 1. The molecule has 2 aromatic rings. The van der Waals surface area contributed by atoms with E-state index in [0.717, 1.165) is 44.2 Å². The molecule has 2 heterocycles. The molecule has 1 aromatic carbocycles. The molecule has 1 aliphatic rings. The second-order valence-corrected chi connectivity index (χ2v) is 10.4. The lowest BCUT2D eigenvalue weighted by atomic mass is 10.2. The molecule has 0 aliphatic carbocycles. The van der Waals surface area contributed by atoms with E-state index in [1.165, 1.54) is 4.31 Å². The van der Waals surface area contributed by atoms with Crippen LogP contribution in [0.25, 0.3) is 0 Å². The first-order valence-corrected chi connectivity index (χ1v) is 12.9. The highest BCUT2D eigenvalue weighted by molar-refractivity contribution is 7.89. The minimum Gasteiger partial charge on any atom is -0.361 e. The molecular formula is C23H35N5O4S. The molecule has 1 atom stereocenters. The molecule has 0 spiro atoms. The maximum absolute atomic E-state index is 13.0. The van der Waals surface area contributed by atoms with Crippen LogP contribution in [-0.4, -0.2) is 78.9 Å². The smallest absolute Gasteiger partial charge is 0.243 e. The van der Waals surface area contributed by atoms with Crippen LogP contribution in [0.2, 0.25) is 0 Å². The van der Waals surface area contributed by atoms with Crippen molar-refractivity contribution in [2.24, 2.45) is 0 Å². The number of hydrogen-bond acceptors (Lipinski definition) is 7. The van der Waals surface area contributed by atoms with Gasteiger partial charge in [0.2, 0.25) is 15.9 Å². The normalized spacial score (nSPS) is 16.8. The van der Waals surface area contributed by atoms with Crippen LogP contribution in [0.3, 0.4) is 0 Å². The van der Waals surface area contributed by atoms with E-state index < -0.39 is 10.0 Å². The summed E-state index contributed by atoms with van der Waals surface area (Å²) in [4.78, 5) is 17.6. The van der Waals surface area contributed by atoms with Crippen molar-refractivity contribution in [3.8, 4) is 0 Å². The van der Waals surface area contributed by atoms with E-state index in [4.69, 9.17) is 4.52 Å². The van der Waals surface area contributed by atoms with Crippen LogP contribution >= 0.6 is 0 Å². The van der Waals surface area contributed by atoms with Gasteiger partial charge < -0.3 is 9.84 Å². The summed E-state index contributed by atoms with van der Waals surface area (Å²) in [6.07, 6.45) is 0. The van der Waals surface area contributed by atoms with E-state index in [9.17, 15) is 13.2 Å². The number of benzene rings is 1.